The van der Waals surface area contributed by atoms with E-state index in [2.05, 4.69) is 48.5 Å². The quantitative estimate of drug-likeness (QED) is 0.542. The fourth-order valence-electron chi connectivity index (χ4n) is 4.53. The zero-order valence-corrected chi connectivity index (χ0v) is 16.8. The van der Waals surface area contributed by atoms with Gasteiger partial charge in [-0.15, -0.1) is 11.3 Å². The van der Waals surface area contributed by atoms with E-state index in [0.29, 0.717) is 11.3 Å². The van der Waals surface area contributed by atoms with Crippen LogP contribution in [0, 0.1) is 11.3 Å². The second-order valence-electron chi connectivity index (χ2n) is 8.85. The summed E-state index contributed by atoms with van der Waals surface area (Å²) in [4.78, 5) is 17.7. The summed E-state index contributed by atoms with van der Waals surface area (Å²) >= 11 is 1.79. The fourth-order valence-corrected chi connectivity index (χ4v) is 5.88. The second kappa shape index (κ2) is 5.86. The summed E-state index contributed by atoms with van der Waals surface area (Å²) in [5, 5.41) is 8.96. The Morgan fingerprint density at radius 3 is 2.78 bits per heavy atom. The number of anilines is 1. The van der Waals surface area contributed by atoms with Crippen molar-refractivity contribution < 1.29 is 4.79 Å². The molecule has 27 heavy (non-hydrogen) atoms. The maximum atomic E-state index is 13.0. The van der Waals surface area contributed by atoms with Crippen molar-refractivity contribution >= 4 is 33.1 Å². The standard InChI is InChI=1S/C22H25N3OS/c1-22(2,3)12-8-9-14-17(10-12)27-21-18(14)20(26)24-19(25-21)15-11-23-16-7-5-4-6-13(15)16/h4-7,11-12,19,23,25H,8-10H2,1-3H3,(H,24,26)/t12-,19+/m0/s1. The zero-order valence-electron chi connectivity index (χ0n) is 16.0. The lowest BCUT2D eigenvalue weighted by molar-refractivity contribution is 0.0935. The molecule has 2 aromatic heterocycles. The smallest absolute Gasteiger partial charge is 0.256 e. The topological polar surface area (TPSA) is 56.9 Å². The van der Waals surface area contributed by atoms with Crippen molar-refractivity contribution in [1.29, 1.82) is 0 Å². The van der Waals surface area contributed by atoms with Crippen molar-refractivity contribution in [3.8, 4) is 0 Å². The Morgan fingerprint density at radius 2 is 1.96 bits per heavy atom. The van der Waals surface area contributed by atoms with E-state index >= 15 is 0 Å². The Balaban J connectivity index is 1.50. The molecule has 0 spiro atoms. The highest BCUT2D eigenvalue weighted by Crippen LogP contribution is 2.46. The number of thiophene rings is 1. The molecule has 1 amide bonds. The average Bonchev–Trinajstić information content (AvgIpc) is 3.21. The first-order chi connectivity index (χ1) is 12.9. The first-order valence-electron chi connectivity index (χ1n) is 9.70. The molecule has 3 aromatic rings. The predicted molar refractivity (Wildman–Crippen MR) is 111 cm³/mol. The van der Waals surface area contributed by atoms with Crippen LogP contribution >= 0.6 is 11.3 Å². The van der Waals surface area contributed by atoms with Crippen LogP contribution in [0.15, 0.2) is 30.5 Å². The highest BCUT2D eigenvalue weighted by molar-refractivity contribution is 7.16. The van der Waals surface area contributed by atoms with Crippen LogP contribution in [-0.2, 0) is 12.8 Å². The van der Waals surface area contributed by atoms with Gasteiger partial charge in [0.1, 0.15) is 11.2 Å². The molecule has 1 aliphatic heterocycles. The van der Waals surface area contributed by atoms with Gasteiger partial charge in [-0.25, -0.2) is 0 Å². The normalized spacial score (nSPS) is 22.1. The SMILES string of the molecule is CC(C)(C)[C@H]1CCc2c(sc3c2C(=O)N[C@@H](c2c[nH]c4ccccc24)N3)C1. The van der Waals surface area contributed by atoms with Crippen molar-refractivity contribution in [3.05, 3.63) is 52.0 Å². The van der Waals surface area contributed by atoms with Gasteiger partial charge in [-0.05, 0) is 42.2 Å². The highest BCUT2D eigenvalue weighted by Gasteiger charge is 2.36. The maximum Gasteiger partial charge on any atom is 0.256 e. The van der Waals surface area contributed by atoms with Crippen LogP contribution in [-0.4, -0.2) is 10.9 Å². The summed E-state index contributed by atoms with van der Waals surface area (Å²) in [5.41, 5.74) is 4.65. The van der Waals surface area contributed by atoms with Crippen LogP contribution in [0.4, 0.5) is 5.00 Å². The molecule has 2 aliphatic rings. The minimum atomic E-state index is -0.195. The number of hydrogen-bond acceptors (Lipinski definition) is 3. The molecule has 5 rings (SSSR count). The van der Waals surface area contributed by atoms with E-state index in [4.69, 9.17) is 0 Å². The van der Waals surface area contributed by atoms with Crippen LogP contribution in [0.5, 0.6) is 0 Å². The van der Waals surface area contributed by atoms with Crippen LogP contribution in [0.1, 0.15) is 59.7 Å². The second-order valence-corrected chi connectivity index (χ2v) is 9.96. The van der Waals surface area contributed by atoms with E-state index in [1.54, 1.807) is 11.3 Å². The Kier molecular flexibility index (Phi) is 3.66. The van der Waals surface area contributed by atoms with Crippen molar-refractivity contribution in [3.63, 3.8) is 0 Å². The van der Waals surface area contributed by atoms with Gasteiger partial charge in [-0.3, -0.25) is 4.79 Å². The van der Waals surface area contributed by atoms with Crippen molar-refractivity contribution in [2.75, 3.05) is 5.32 Å². The molecule has 0 saturated carbocycles. The number of para-hydroxylation sites is 1. The number of amides is 1. The van der Waals surface area contributed by atoms with Gasteiger partial charge in [0, 0.05) is 27.5 Å². The predicted octanol–water partition coefficient (Wildman–Crippen LogP) is 5.23. The van der Waals surface area contributed by atoms with Crippen LogP contribution < -0.4 is 10.6 Å². The molecule has 1 aromatic carbocycles. The Hall–Kier alpha value is -2.27. The first-order valence-corrected chi connectivity index (χ1v) is 10.5. The van der Waals surface area contributed by atoms with Gasteiger partial charge >= 0.3 is 0 Å². The fraction of sp³-hybridized carbons (Fsp3) is 0.409. The molecule has 1 aliphatic carbocycles. The minimum absolute atomic E-state index is 0.0609. The number of H-pyrrole nitrogens is 1. The van der Waals surface area contributed by atoms with E-state index < -0.39 is 0 Å². The molecule has 4 nitrogen and oxygen atoms in total. The number of aromatic amines is 1. The molecule has 0 bridgehead atoms. The van der Waals surface area contributed by atoms with Gasteiger partial charge in [0.25, 0.3) is 5.91 Å². The number of hydrogen-bond donors (Lipinski definition) is 3. The molecule has 0 fully saturated rings. The molecule has 0 radical (unpaired) electrons. The van der Waals surface area contributed by atoms with Crippen molar-refractivity contribution in [2.45, 2.75) is 46.2 Å². The third-order valence-corrected chi connectivity index (χ3v) is 7.39. The largest absolute Gasteiger partial charge is 0.361 e. The van der Waals surface area contributed by atoms with Crippen LogP contribution in [0.3, 0.4) is 0 Å². The zero-order chi connectivity index (χ0) is 18.8. The summed E-state index contributed by atoms with van der Waals surface area (Å²) in [6.45, 7) is 6.98. The van der Waals surface area contributed by atoms with Gasteiger partial charge < -0.3 is 15.6 Å². The van der Waals surface area contributed by atoms with E-state index in [0.717, 1.165) is 39.9 Å². The van der Waals surface area contributed by atoms with E-state index in [-0.39, 0.29) is 12.1 Å². The number of aromatic nitrogens is 1. The van der Waals surface area contributed by atoms with Gasteiger partial charge in [0.05, 0.1) is 5.56 Å². The summed E-state index contributed by atoms with van der Waals surface area (Å²) in [6, 6.07) is 8.21. The lowest BCUT2D eigenvalue weighted by atomic mass is 9.72. The summed E-state index contributed by atoms with van der Waals surface area (Å²) in [7, 11) is 0. The third-order valence-electron chi connectivity index (χ3n) is 6.20. The Morgan fingerprint density at radius 1 is 1.15 bits per heavy atom. The first kappa shape index (κ1) is 16.9. The van der Waals surface area contributed by atoms with Crippen LogP contribution in [0.25, 0.3) is 10.9 Å². The molecule has 2 atom stereocenters. The lowest BCUT2D eigenvalue weighted by Gasteiger charge is -2.34. The van der Waals surface area contributed by atoms with E-state index in [1.807, 2.05) is 18.3 Å². The summed E-state index contributed by atoms with van der Waals surface area (Å²) in [6.07, 6.45) is 5.06. The number of rotatable bonds is 1. The monoisotopic (exact) mass is 379 g/mol. The van der Waals surface area contributed by atoms with Crippen molar-refractivity contribution in [2.24, 2.45) is 11.3 Å². The maximum absolute atomic E-state index is 13.0. The number of carbonyl (C=O) groups is 1. The number of nitrogens with one attached hydrogen (secondary N) is 3. The molecular formula is C22H25N3OS. The Bertz CT molecular complexity index is 1040. The molecule has 0 unspecified atom stereocenters. The van der Waals surface area contributed by atoms with Crippen LogP contribution in [0.2, 0.25) is 0 Å². The highest BCUT2D eigenvalue weighted by atomic mass is 32.1. The van der Waals surface area contributed by atoms with Gasteiger partial charge in [0.2, 0.25) is 0 Å². The third kappa shape index (κ3) is 2.67. The molecule has 0 saturated heterocycles. The van der Waals surface area contributed by atoms with Gasteiger partial charge in [-0.2, -0.15) is 0 Å². The Labute approximate surface area is 163 Å². The molecule has 3 N–H and O–H groups in total. The molecule has 3 heterocycles. The van der Waals surface area contributed by atoms with Crippen molar-refractivity contribution in [1.82, 2.24) is 10.3 Å². The summed E-state index contributed by atoms with van der Waals surface area (Å²) in [5.74, 6) is 0.739. The van der Waals surface area contributed by atoms with Gasteiger partial charge in [-0.1, -0.05) is 39.0 Å². The number of fused-ring (bicyclic) bond motifs is 4. The van der Waals surface area contributed by atoms with Gasteiger partial charge in [0.15, 0.2) is 0 Å². The number of benzene rings is 1. The summed E-state index contributed by atoms with van der Waals surface area (Å²) < 4.78 is 0. The van der Waals surface area contributed by atoms with E-state index in [9.17, 15) is 4.79 Å². The molecular weight excluding hydrogens is 354 g/mol. The minimum Gasteiger partial charge on any atom is -0.361 e. The lowest BCUT2D eigenvalue weighted by Crippen LogP contribution is -2.38. The average molecular weight is 380 g/mol. The van der Waals surface area contributed by atoms with E-state index in [1.165, 1.54) is 16.9 Å². The number of carbonyl (C=O) groups excluding carboxylic acids is 1. The molecule has 5 heteroatoms. The molecule has 140 valence electrons.